The number of carbonyl (C=O) groups is 1. The molecular weight excluding hydrogens is 247 g/mol. The van der Waals surface area contributed by atoms with E-state index in [0.717, 1.165) is 6.07 Å². The summed E-state index contributed by atoms with van der Waals surface area (Å²) in [6.07, 6.45) is -3.78. The molecule has 1 amide bonds. The van der Waals surface area contributed by atoms with Crippen LogP contribution in [-0.4, -0.2) is 13.0 Å². The van der Waals surface area contributed by atoms with Crippen LogP contribution in [0.5, 0.6) is 5.75 Å². The zero-order valence-corrected chi connectivity index (χ0v) is 10.1. The van der Waals surface area contributed by atoms with Crippen molar-refractivity contribution in [2.24, 2.45) is 0 Å². The van der Waals surface area contributed by atoms with Gasteiger partial charge in [0.15, 0.2) is 0 Å². The average Bonchev–Trinajstić information content (AvgIpc) is 2.28. The Labute approximate surface area is 103 Å². The lowest BCUT2D eigenvalue weighted by Crippen LogP contribution is -2.16. The number of rotatable bonds is 4. The molecule has 0 saturated heterocycles. The maximum atomic E-state index is 12.8. The minimum Gasteiger partial charge on any atom is -0.497 e. The molecule has 0 unspecified atom stereocenters. The van der Waals surface area contributed by atoms with Crippen LogP contribution in [0.2, 0.25) is 0 Å². The summed E-state index contributed by atoms with van der Waals surface area (Å²) in [6, 6.07) is 3.42. The first kappa shape index (κ1) is 14.3. The number of benzene rings is 1. The molecule has 0 aliphatic carbocycles. The van der Waals surface area contributed by atoms with E-state index in [2.05, 4.69) is 5.32 Å². The van der Waals surface area contributed by atoms with Gasteiger partial charge < -0.3 is 10.1 Å². The first-order chi connectivity index (χ1) is 8.38. The molecule has 0 fully saturated rings. The maximum Gasteiger partial charge on any atom is 0.418 e. The minimum atomic E-state index is -4.54. The number of hydrogen-bond donors (Lipinski definition) is 1. The van der Waals surface area contributed by atoms with Crippen LogP contribution in [0.4, 0.5) is 18.9 Å². The summed E-state index contributed by atoms with van der Waals surface area (Å²) in [4.78, 5) is 11.3. The Morgan fingerprint density at radius 2 is 2.06 bits per heavy atom. The predicted molar refractivity (Wildman–Crippen MR) is 61.5 cm³/mol. The highest BCUT2D eigenvalue weighted by Crippen LogP contribution is 2.37. The minimum absolute atomic E-state index is 0.0933. The van der Waals surface area contributed by atoms with Gasteiger partial charge in [0.1, 0.15) is 5.75 Å². The lowest BCUT2D eigenvalue weighted by molar-refractivity contribution is -0.137. The largest absolute Gasteiger partial charge is 0.497 e. The third-order valence-electron chi connectivity index (χ3n) is 2.28. The highest BCUT2D eigenvalue weighted by molar-refractivity contribution is 5.91. The molecule has 0 saturated carbocycles. The molecule has 0 atom stereocenters. The van der Waals surface area contributed by atoms with Crippen LogP contribution in [-0.2, 0) is 11.0 Å². The Balaban J connectivity index is 3.07. The van der Waals surface area contributed by atoms with E-state index in [4.69, 9.17) is 4.74 Å². The van der Waals surface area contributed by atoms with Crippen LogP contribution in [0.3, 0.4) is 0 Å². The van der Waals surface area contributed by atoms with Crippen LogP contribution < -0.4 is 10.1 Å². The smallest absolute Gasteiger partial charge is 0.418 e. The van der Waals surface area contributed by atoms with Crippen molar-refractivity contribution < 1.29 is 22.7 Å². The highest BCUT2D eigenvalue weighted by Gasteiger charge is 2.34. The highest BCUT2D eigenvalue weighted by atomic mass is 19.4. The van der Waals surface area contributed by atoms with Crippen molar-refractivity contribution in [3.63, 3.8) is 0 Å². The quantitative estimate of drug-likeness (QED) is 0.901. The molecule has 6 heteroatoms. The van der Waals surface area contributed by atoms with E-state index >= 15 is 0 Å². The fourth-order valence-electron chi connectivity index (χ4n) is 1.43. The molecule has 0 radical (unpaired) electrons. The van der Waals surface area contributed by atoms with E-state index in [1.807, 2.05) is 0 Å². The van der Waals surface area contributed by atoms with Crippen LogP contribution in [0, 0.1) is 0 Å². The predicted octanol–water partition coefficient (Wildman–Crippen LogP) is 3.45. The second kappa shape index (κ2) is 5.75. The molecule has 1 aromatic rings. The van der Waals surface area contributed by atoms with E-state index in [1.54, 1.807) is 6.92 Å². The Morgan fingerprint density at radius 3 is 2.56 bits per heavy atom. The van der Waals surface area contributed by atoms with Gasteiger partial charge in [-0.15, -0.1) is 0 Å². The van der Waals surface area contributed by atoms with Crippen LogP contribution in [0.25, 0.3) is 0 Å². The third-order valence-corrected chi connectivity index (χ3v) is 2.28. The number of methoxy groups -OCH3 is 1. The Bertz CT molecular complexity index is 430. The molecule has 3 nitrogen and oxygen atoms in total. The Hall–Kier alpha value is -1.72. The van der Waals surface area contributed by atoms with Crippen LogP contribution in [0.1, 0.15) is 25.3 Å². The molecule has 0 aromatic heterocycles. The van der Waals surface area contributed by atoms with Gasteiger partial charge in [-0.25, -0.2) is 0 Å². The van der Waals surface area contributed by atoms with Gasteiger partial charge in [-0.2, -0.15) is 13.2 Å². The van der Waals surface area contributed by atoms with Crippen molar-refractivity contribution in [1.82, 2.24) is 0 Å². The van der Waals surface area contributed by atoms with Gasteiger partial charge in [-0.3, -0.25) is 4.79 Å². The first-order valence-corrected chi connectivity index (χ1v) is 5.43. The van der Waals surface area contributed by atoms with Crippen molar-refractivity contribution in [2.75, 3.05) is 12.4 Å². The fraction of sp³-hybridized carbons (Fsp3) is 0.417. The third kappa shape index (κ3) is 3.65. The van der Waals surface area contributed by atoms with E-state index in [9.17, 15) is 18.0 Å². The normalized spacial score (nSPS) is 11.2. The topological polar surface area (TPSA) is 38.3 Å². The lowest BCUT2D eigenvalue weighted by atomic mass is 10.1. The second-order valence-electron chi connectivity index (χ2n) is 3.71. The number of nitrogens with one attached hydrogen (secondary N) is 1. The molecule has 1 N–H and O–H groups in total. The number of amides is 1. The van der Waals surface area contributed by atoms with Gasteiger partial charge in [0.05, 0.1) is 18.4 Å². The van der Waals surface area contributed by atoms with Gasteiger partial charge in [0.2, 0.25) is 5.91 Å². The molecule has 0 bridgehead atoms. The molecule has 0 aliphatic rings. The van der Waals surface area contributed by atoms with Crippen molar-refractivity contribution in [3.05, 3.63) is 23.8 Å². The number of halogens is 3. The second-order valence-corrected chi connectivity index (χ2v) is 3.71. The fourth-order valence-corrected chi connectivity index (χ4v) is 1.43. The van der Waals surface area contributed by atoms with E-state index < -0.39 is 17.6 Å². The zero-order valence-electron chi connectivity index (χ0n) is 10.1. The summed E-state index contributed by atoms with van der Waals surface area (Å²) in [6.45, 7) is 1.78. The van der Waals surface area contributed by atoms with Crippen molar-refractivity contribution in [3.8, 4) is 5.75 Å². The summed E-state index contributed by atoms with van der Waals surface area (Å²) in [5, 5.41) is 2.25. The maximum absolute atomic E-state index is 12.8. The number of anilines is 1. The van der Waals surface area contributed by atoms with Gasteiger partial charge >= 0.3 is 6.18 Å². The van der Waals surface area contributed by atoms with Crippen LogP contribution >= 0.6 is 0 Å². The molecule has 1 aromatic carbocycles. The lowest BCUT2D eigenvalue weighted by Gasteiger charge is -2.14. The van der Waals surface area contributed by atoms with E-state index in [1.165, 1.54) is 19.2 Å². The molecule has 100 valence electrons. The summed E-state index contributed by atoms with van der Waals surface area (Å²) >= 11 is 0. The summed E-state index contributed by atoms with van der Waals surface area (Å²) < 4.78 is 43.1. The first-order valence-electron chi connectivity index (χ1n) is 5.43. The van der Waals surface area contributed by atoms with E-state index in [-0.39, 0.29) is 17.9 Å². The van der Waals surface area contributed by atoms with Crippen molar-refractivity contribution >= 4 is 11.6 Å². The molecule has 1 rings (SSSR count). The summed E-state index contributed by atoms with van der Waals surface area (Å²) in [5.74, 6) is -0.344. The molecule has 0 spiro atoms. The molecule has 18 heavy (non-hydrogen) atoms. The number of carbonyl (C=O) groups excluding carboxylic acids is 1. The Morgan fingerprint density at radius 1 is 1.39 bits per heavy atom. The number of hydrogen-bond acceptors (Lipinski definition) is 2. The number of alkyl halides is 3. The summed E-state index contributed by atoms with van der Waals surface area (Å²) in [5.41, 5.74) is -1.16. The van der Waals surface area contributed by atoms with E-state index in [0.29, 0.717) is 6.42 Å². The molecule has 0 aliphatic heterocycles. The zero-order chi connectivity index (χ0) is 13.8. The van der Waals surface area contributed by atoms with Gasteiger partial charge in [-0.05, 0) is 24.6 Å². The van der Waals surface area contributed by atoms with Gasteiger partial charge in [0, 0.05) is 6.42 Å². The SMILES string of the molecule is CCCC(=O)Nc1ccc(OC)cc1C(F)(F)F. The Kier molecular flexibility index (Phi) is 4.58. The number of ether oxygens (including phenoxy) is 1. The van der Waals surface area contributed by atoms with Gasteiger partial charge in [-0.1, -0.05) is 6.92 Å². The van der Waals surface area contributed by atoms with Crippen molar-refractivity contribution in [2.45, 2.75) is 25.9 Å². The standard InChI is InChI=1S/C12H14F3NO2/c1-3-4-11(17)16-10-6-5-8(18-2)7-9(10)12(13,14)15/h5-7H,3-4H2,1-2H3,(H,16,17). The monoisotopic (exact) mass is 261 g/mol. The molecular formula is C12H14F3NO2. The summed E-state index contributed by atoms with van der Waals surface area (Å²) in [7, 11) is 1.28. The van der Waals surface area contributed by atoms with Crippen LogP contribution in [0.15, 0.2) is 18.2 Å². The average molecular weight is 261 g/mol. The molecule has 0 heterocycles. The van der Waals surface area contributed by atoms with Crippen molar-refractivity contribution in [1.29, 1.82) is 0 Å². The van der Waals surface area contributed by atoms with Gasteiger partial charge in [0.25, 0.3) is 0 Å².